The molecule has 0 N–H and O–H groups in total. The average molecular weight is 247 g/mol. The molecule has 0 unspecified atom stereocenters. The summed E-state index contributed by atoms with van der Waals surface area (Å²) in [6.45, 7) is 2.15. The van der Waals surface area contributed by atoms with E-state index < -0.39 is 0 Å². The van der Waals surface area contributed by atoms with Crippen molar-refractivity contribution < 1.29 is 0 Å². The van der Waals surface area contributed by atoms with Crippen LogP contribution in [0.15, 0.2) is 58.6 Å². The zero-order valence-electron chi connectivity index (χ0n) is 8.00. The first-order chi connectivity index (χ1) is 6.77. The quantitative estimate of drug-likeness (QED) is 0.692. The fourth-order valence-corrected chi connectivity index (χ4v) is 1.75. The third-order valence-electron chi connectivity index (χ3n) is 2.37. The number of benzene rings is 1. The molecular formula is C13H11Br. The molecule has 2 rings (SSSR count). The van der Waals surface area contributed by atoms with Crippen molar-refractivity contribution in [2.75, 3.05) is 0 Å². The summed E-state index contributed by atoms with van der Waals surface area (Å²) >= 11 is 3.43. The Balaban J connectivity index is 2.40. The summed E-state index contributed by atoms with van der Waals surface area (Å²) in [7, 11) is 0. The number of hydrogen-bond donors (Lipinski definition) is 0. The molecular weight excluding hydrogens is 236 g/mol. The molecule has 70 valence electrons. The van der Waals surface area contributed by atoms with Crippen molar-refractivity contribution in [3.63, 3.8) is 0 Å². The van der Waals surface area contributed by atoms with Crippen LogP contribution in [0.1, 0.15) is 12.5 Å². The molecule has 1 heteroatoms. The molecule has 0 fully saturated rings. The van der Waals surface area contributed by atoms with Gasteiger partial charge < -0.3 is 0 Å². The second-order valence-electron chi connectivity index (χ2n) is 3.31. The molecule has 1 aromatic rings. The van der Waals surface area contributed by atoms with Crippen molar-refractivity contribution in [1.29, 1.82) is 0 Å². The van der Waals surface area contributed by atoms with Crippen LogP contribution in [-0.4, -0.2) is 0 Å². The lowest BCUT2D eigenvalue weighted by atomic mass is 10.0. The highest BCUT2D eigenvalue weighted by atomic mass is 79.9. The van der Waals surface area contributed by atoms with Crippen LogP contribution in [0.5, 0.6) is 0 Å². The van der Waals surface area contributed by atoms with E-state index in [2.05, 4.69) is 71.4 Å². The van der Waals surface area contributed by atoms with Crippen LogP contribution in [0.3, 0.4) is 0 Å². The predicted molar refractivity (Wildman–Crippen MR) is 65.0 cm³/mol. The van der Waals surface area contributed by atoms with E-state index in [0.717, 1.165) is 4.47 Å². The molecule has 14 heavy (non-hydrogen) atoms. The Morgan fingerprint density at radius 2 is 1.57 bits per heavy atom. The first-order valence-electron chi connectivity index (χ1n) is 4.59. The summed E-state index contributed by atoms with van der Waals surface area (Å²) in [4.78, 5) is 0. The van der Waals surface area contributed by atoms with E-state index in [0.29, 0.717) is 0 Å². The molecule has 0 bridgehead atoms. The van der Waals surface area contributed by atoms with Crippen LogP contribution >= 0.6 is 15.9 Å². The van der Waals surface area contributed by atoms with Crippen molar-refractivity contribution in [2.24, 2.45) is 0 Å². The molecule has 0 radical (unpaired) electrons. The Morgan fingerprint density at radius 3 is 2.14 bits per heavy atom. The molecule has 0 spiro atoms. The van der Waals surface area contributed by atoms with Gasteiger partial charge in [-0.15, -0.1) is 0 Å². The highest BCUT2D eigenvalue weighted by Gasteiger charge is 2.01. The van der Waals surface area contributed by atoms with Crippen molar-refractivity contribution in [1.82, 2.24) is 0 Å². The average Bonchev–Trinajstić information content (AvgIpc) is 2.71. The van der Waals surface area contributed by atoms with E-state index in [4.69, 9.17) is 0 Å². The van der Waals surface area contributed by atoms with Gasteiger partial charge in [-0.2, -0.15) is 0 Å². The van der Waals surface area contributed by atoms with E-state index in [9.17, 15) is 0 Å². The number of hydrogen-bond acceptors (Lipinski definition) is 0. The van der Waals surface area contributed by atoms with Crippen LogP contribution in [0.4, 0.5) is 0 Å². The Morgan fingerprint density at radius 1 is 1.00 bits per heavy atom. The largest absolute Gasteiger partial charge is 0.0616 e. The van der Waals surface area contributed by atoms with Crippen molar-refractivity contribution in [3.05, 3.63) is 64.2 Å². The molecule has 1 aliphatic carbocycles. The van der Waals surface area contributed by atoms with E-state index >= 15 is 0 Å². The summed E-state index contributed by atoms with van der Waals surface area (Å²) < 4.78 is 1.12. The number of halogens is 1. The molecule has 0 aliphatic heterocycles. The highest BCUT2D eigenvalue weighted by Crippen LogP contribution is 2.23. The molecule has 0 saturated carbocycles. The minimum absolute atomic E-state index is 1.12. The normalized spacial score (nSPS) is 13.7. The van der Waals surface area contributed by atoms with E-state index in [1.165, 1.54) is 16.7 Å². The Labute approximate surface area is 92.8 Å². The SMILES string of the molecule is CC(=C1C=CC=C1)c1ccc(Br)cc1. The van der Waals surface area contributed by atoms with Gasteiger partial charge in [0.1, 0.15) is 0 Å². The Hall–Kier alpha value is -1.08. The molecule has 0 saturated heterocycles. The molecule has 0 aromatic heterocycles. The van der Waals surface area contributed by atoms with Crippen molar-refractivity contribution in [2.45, 2.75) is 6.92 Å². The van der Waals surface area contributed by atoms with Gasteiger partial charge in [0.25, 0.3) is 0 Å². The lowest BCUT2D eigenvalue weighted by Crippen LogP contribution is -1.82. The minimum Gasteiger partial charge on any atom is -0.0616 e. The lowest BCUT2D eigenvalue weighted by Gasteiger charge is -2.03. The summed E-state index contributed by atoms with van der Waals surface area (Å²) in [6, 6.07) is 8.41. The van der Waals surface area contributed by atoms with Gasteiger partial charge in [0, 0.05) is 4.47 Å². The van der Waals surface area contributed by atoms with Gasteiger partial charge in [0.15, 0.2) is 0 Å². The molecule has 0 atom stereocenters. The summed E-state index contributed by atoms with van der Waals surface area (Å²) in [5.74, 6) is 0. The third kappa shape index (κ3) is 1.88. The summed E-state index contributed by atoms with van der Waals surface area (Å²) in [6.07, 6.45) is 8.41. The smallest absolute Gasteiger partial charge is 0.0175 e. The zero-order chi connectivity index (χ0) is 9.97. The molecule has 1 aliphatic rings. The van der Waals surface area contributed by atoms with Gasteiger partial charge >= 0.3 is 0 Å². The van der Waals surface area contributed by atoms with Gasteiger partial charge in [0.2, 0.25) is 0 Å². The minimum atomic E-state index is 1.12. The number of allylic oxidation sites excluding steroid dienone is 6. The monoisotopic (exact) mass is 246 g/mol. The highest BCUT2D eigenvalue weighted by molar-refractivity contribution is 9.10. The predicted octanol–water partition coefficient (Wildman–Crippen LogP) is 4.35. The van der Waals surface area contributed by atoms with Crippen LogP contribution in [0.2, 0.25) is 0 Å². The maximum absolute atomic E-state index is 3.43. The first-order valence-corrected chi connectivity index (χ1v) is 5.38. The first kappa shape index (κ1) is 9.47. The van der Waals surface area contributed by atoms with Crippen molar-refractivity contribution >= 4 is 21.5 Å². The topological polar surface area (TPSA) is 0 Å². The summed E-state index contributed by atoms with van der Waals surface area (Å²) in [5, 5.41) is 0. The van der Waals surface area contributed by atoms with Gasteiger partial charge in [-0.1, -0.05) is 52.4 Å². The van der Waals surface area contributed by atoms with E-state index in [1.54, 1.807) is 0 Å². The van der Waals surface area contributed by atoms with Crippen LogP contribution in [0, 0.1) is 0 Å². The van der Waals surface area contributed by atoms with Gasteiger partial charge in [-0.05, 0) is 35.8 Å². The molecule has 0 heterocycles. The van der Waals surface area contributed by atoms with Crippen molar-refractivity contribution in [3.8, 4) is 0 Å². The number of rotatable bonds is 1. The van der Waals surface area contributed by atoms with Crippen LogP contribution in [0.25, 0.3) is 5.57 Å². The third-order valence-corrected chi connectivity index (χ3v) is 2.90. The molecule has 0 amide bonds. The van der Waals surface area contributed by atoms with Crippen LogP contribution < -0.4 is 0 Å². The van der Waals surface area contributed by atoms with Gasteiger partial charge in [-0.3, -0.25) is 0 Å². The summed E-state index contributed by atoms with van der Waals surface area (Å²) in [5.41, 5.74) is 3.90. The van der Waals surface area contributed by atoms with Gasteiger partial charge in [-0.25, -0.2) is 0 Å². The van der Waals surface area contributed by atoms with Gasteiger partial charge in [0.05, 0.1) is 0 Å². The fourth-order valence-electron chi connectivity index (χ4n) is 1.49. The molecule has 1 aromatic carbocycles. The standard InChI is InChI=1S/C13H11Br/c1-10(11-4-2-3-5-11)12-6-8-13(14)9-7-12/h2-9H,1H3. The van der Waals surface area contributed by atoms with Crippen LogP contribution in [-0.2, 0) is 0 Å². The van der Waals surface area contributed by atoms with E-state index in [-0.39, 0.29) is 0 Å². The molecule has 0 nitrogen and oxygen atoms in total. The lowest BCUT2D eigenvalue weighted by molar-refractivity contribution is 1.52. The second-order valence-corrected chi connectivity index (χ2v) is 4.22. The van der Waals surface area contributed by atoms with E-state index in [1.807, 2.05) is 0 Å². The Kier molecular flexibility index (Phi) is 2.69. The Bertz CT molecular complexity index is 405. The second kappa shape index (κ2) is 3.97. The zero-order valence-corrected chi connectivity index (χ0v) is 9.58. The maximum atomic E-state index is 3.43. The maximum Gasteiger partial charge on any atom is 0.0175 e. The fraction of sp³-hybridized carbons (Fsp3) is 0.0769.